The lowest BCUT2D eigenvalue weighted by atomic mass is 9.78. The Kier molecular flexibility index (Phi) is 14.3. The molecule has 5 N–H and O–H groups in total. The number of aliphatic hydroxyl groups excluding tert-OH is 3. The number of nitrogens with zero attached hydrogens (tertiary/aromatic N) is 3. The highest BCUT2D eigenvalue weighted by Crippen LogP contribution is 2.42. The zero-order valence-electron chi connectivity index (χ0n) is 40.6. The molecule has 0 unspecified atom stereocenters. The number of benzene rings is 3. The first-order valence-electron chi connectivity index (χ1n) is 23.2. The number of phenolic OH excluding ortho intramolecular Hbond substituents is 1. The summed E-state index contributed by atoms with van der Waals surface area (Å²) in [5.41, 5.74) is -1.35. The summed E-state index contributed by atoms with van der Waals surface area (Å²) in [7, 11) is 1.45. The summed E-state index contributed by atoms with van der Waals surface area (Å²) in [5, 5.41) is 49.3. The number of aromatic nitrogens is 1. The van der Waals surface area contributed by atoms with Crippen LogP contribution < -0.4 is 31.0 Å². The van der Waals surface area contributed by atoms with Gasteiger partial charge in [0.25, 0.3) is 5.91 Å². The normalized spacial score (nSPS) is 28.3. The molecule has 7 rings (SSSR count). The molecule has 1 aromatic heterocycles. The smallest absolute Gasteiger partial charge is 0.307 e. The van der Waals surface area contributed by atoms with E-state index in [0.29, 0.717) is 24.7 Å². The third-order valence-corrected chi connectivity index (χ3v) is 13.8. The fourth-order valence-corrected chi connectivity index (χ4v) is 9.76. The molecule has 3 aliphatic heterocycles. The number of amides is 1. The maximum atomic E-state index is 14.9. The average molecular weight is 941 g/mol. The maximum Gasteiger partial charge on any atom is 0.307 e. The second-order valence-electron chi connectivity index (χ2n) is 19.2. The zero-order chi connectivity index (χ0) is 49.7. The van der Waals surface area contributed by atoms with E-state index in [4.69, 9.17) is 28.3 Å². The Morgan fingerprint density at radius 2 is 1.65 bits per heavy atom. The number of nitrogens with one attached hydrogen (secondary N) is 1. The van der Waals surface area contributed by atoms with Crippen molar-refractivity contribution in [1.29, 1.82) is 0 Å². The molecular formula is C51H64N4O13. The number of aliphatic hydroxyl groups is 3. The fourth-order valence-electron chi connectivity index (χ4n) is 9.76. The molecule has 4 heterocycles. The molecule has 68 heavy (non-hydrogen) atoms. The number of allylic oxidation sites excluding steroid dienone is 2. The number of phenols is 1. The summed E-state index contributed by atoms with van der Waals surface area (Å²) in [5.74, 6) is -6.43. The quantitative estimate of drug-likeness (QED) is 0.0966. The second-order valence-corrected chi connectivity index (χ2v) is 19.2. The van der Waals surface area contributed by atoms with E-state index in [1.165, 1.54) is 59.3 Å². The van der Waals surface area contributed by atoms with Crippen molar-refractivity contribution >= 4 is 62.0 Å². The number of ether oxygens (including phenoxy) is 4. The highest BCUT2D eigenvalue weighted by atomic mass is 16.7. The summed E-state index contributed by atoms with van der Waals surface area (Å²) >= 11 is 0. The Hall–Kier alpha value is -6.01. The number of aromatic hydroxyl groups is 1. The number of carbonyl (C=O) groups is 2. The third-order valence-electron chi connectivity index (χ3n) is 13.8. The van der Waals surface area contributed by atoms with Gasteiger partial charge in [-0.15, -0.1) is 0 Å². The SMILES string of the molecule is CO[C@H]1/C=C/O[C@@]2(C)Oc3c(C)c(O)c4c(=O)c(c5oc6cc(N7CCN(CC(C)C)CC7)cc(=O)c6nc5c4c3=C2O)NC(=O)C(C)=CC=C[C@H](C)[C@H](O)[C@@H](C)[C@@H](O)[C@@H](C)[C@H](OC(C)=O)[C@@H]1C. The molecule has 17 nitrogen and oxygen atoms in total. The van der Waals surface area contributed by atoms with Gasteiger partial charge in [0.05, 0.1) is 35.2 Å². The Bertz CT molecular complexity index is 2900. The largest absolute Gasteiger partial charge is 0.507 e. The minimum absolute atomic E-state index is 0.0390. The Balaban J connectivity index is 1.46. The van der Waals surface area contributed by atoms with Crippen LogP contribution in [0.1, 0.15) is 67.9 Å². The van der Waals surface area contributed by atoms with E-state index >= 15 is 0 Å². The number of hydrogen-bond donors (Lipinski definition) is 5. The van der Waals surface area contributed by atoms with E-state index in [2.05, 4.69) is 29.0 Å². The van der Waals surface area contributed by atoms with Crippen molar-refractivity contribution in [2.45, 2.75) is 99.4 Å². The molecule has 1 amide bonds. The van der Waals surface area contributed by atoms with E-state index in [1.54, 1.807) is 45.9 Å². The molecule has 0 aliphatic carbocycles. The van der Waals surface area contributed by atoms with Gasteiger partial charge in [0, 0.05) is 112 Å². The van der Waals surface area contributed by atoms with Gasteiger partial charge in [0.2, 0.25) is 10.9 Å². The van der Waals surface area contributed by atoms with Gasteiger partial charge in [0.15, 0.2) is 22.4 Å². The van der Waals surface area contributed by atoms with Crippen LogP contribution in [-0.4, -0.2) is 112 Å². The lowest BCUT2D eigenvalue weighted by Gasteiger charge is -2.38. The standard InChI is InChI=1S/C51H64N4O13/c1-24(2)23-54-16-18-55(19-17-54)32-21-33(57)39-35(22-32)67-48-40(52-39)36-37-44(60)30(8)47-38(36)49(62)51(10,68-47)65-20-15-34(64-11)27(5)46(66-31(9)56)29(7)43(59)28(6)42(58)25(3)13-12-14-26(4)50(63)53-41(48)45(37)61/h12-15,20-22,24-25,27-29,34,42-43,46,58-60,62H,16-19,23H2,1-11H3,(H,53,63)/b13-12?,20-15+,26-14?/t25-,27+,28+,29+,34-,42-,43+,46+,51-/m0/s1. The molecule has 17 heteroatoms. The van der Waals surface area contributed by atoms with Crippen molar-refractivity contribution in [1.82, 2.24) is 9.88 Å². The van der Waals surface area contributed by atoms with E-state index in [0.717, 1.165) is 19.6 Å². The van der Waals surface area contributed by atoms with Crippen LogP contribution in [0.25, 0.3) is 38.7 Å². The van der Waals surface area contributed by atoms with Gasteiger partial charge in [-0.3, -0.25) is 24.1 Å². The Morgan fingerprint density at radius 1 is 0.956 bits per heavy atom. The molecule has 3 aromatic carbocycles. The average Bonchev–Trinajstić information content (AvgIpc) is 3.56. The number of methoxy groups -OCH3 is 1. The predicted octanol–water partition coefficient (Wildman–Crippen LogP) is 5.34. The van der Waals surface area contributed by atoms with Crippen molar-refractivity contribution < 1.29 is 53.4 Å². The first-order valence-corrected chi connectivity index (χ1v) is 23.2. The van der Waals surface area contributed by atoms with Gasteiger partial charge < -0.3 is 54.0 Å². The number of carbonyl (C=O) groups excluding carboxylic acids is 2. The van der Waals surface area contributed by atoms with Crippen molar-refractivity contribution in [3.05, 3.63) is 79.5 Å². The molecule has 0 saturated carbocycles. The summed E-state index contributed by atoms with van der Waals surface area (Å²) in [6.45, 7) is 20.8. The molecule has 9 atom stereocenters. The van der Waals surface area contributed by atoms with Gasteiger partial charge in [0.1, 0.15) is 28.8 Å². The molecule has 1 saturated heterocycles. The molecule has 366 valence electrons. The summed E-state index contributed by atoms with van der Waals surface area (Å²) in [4.78, 5) is 64.7. The molecule has 4 aromatic rings. The Morgan fingerprint density at radius 3 is 2.29 bits per heavy atom. The number of esters is 1. The zero-order valence-corrected chi connectivity index (χ0v) is 40.6. The van der Waals surface area contributed by atoms with E-state index in [9.17, 15) is 39.6 Å². The van der Waals surface area contributed by atoms with Crippen molar-refractivity contribution in [2.75, 3.05) is 50.1 Å². The van der Waals surface area contributed by atoms with Gasteiger partial charge in [-0.1, -0.05) is 59.8 Å². The summed E-state index contributed by atoms with van der Waals surface area (Å²) in [6, 6.07) is 3.16. The monoisotopic (exact) mass is 940 g/mol. The number of fused-ring (bicyclic) bond motifs is 2. The van der Waals surface area contributed by atoms with Crippen molar-refractivity contribution in [3.63, 3.8) is 0 Å². The maximum absolute atomic E-state index is 14.9. The number of anilines is 2. The minimum atomic E-state index is -1.98. The second kappa shape index (κ2) is 19.5. The summed E-state index contributed by atoms with van der Waals surface area (Å²) in [6.07, 6.45) is 3.57. The highest BCUT2D eigenvalue weighted by molar-refractivity contribution is 6.16. The van der Waals surface area contributed by atoms with Crippen LogP contribution in [0.5, 0.6) is 11.5 Å². The van der Waals surface area contributed by atoms with Crippen molar-refractivity contribution in [3.8, 4) is 11.5 Å². The molecule has 1 fully saturated rings. The molecule has 4 bridgehead atoms. The van der Waals surface area contributed by atoms with Crippen LogP contribution in [0.15, 0.2) is 62.3 Å². The summed E-state index contributed by atoms with van der Waals surface area (Å²) < 4.78 is 30.5. The first kappa shape index (κ1) is 49.9. The van der Waals surface area contributed by atoms with Crippen LogP contribution >= 0.6 is 0 Å². The minimum Gasteiger partial charge on any atom is -0.507 e. The fraction of sp³-hybridized carbons (Fsp3) is 0.510. The molecular weight excluding hydrogens is 877 g/mol. The van der Waals surface area contributed by atoms with Crippen LogP contribution in [0.4, 0.5) is 11.4 Å². The Labute approximate surface area is 394 Å². The number of piperazine rings is 1. The van der Waals surface area contributed by atoms with E-state index in [1.807, 2.05) is 0 Å². The predicted molar refractivity (Wildman–Crippen MR) is 259 cm³/mol. The van der Waals surface area contributed by atoms with Gasteiger partial charge in [-0.2, -0.15) is 0 Å². The van der Waals surface area contributed by atoms with Gasteiger partial charge in [-0.05, 0) is 25.8 Å². The third kappa shape index (κ3) is 9.28. The van der Waals surface area contributed by atoms with Crippen LogP contribution in [-0.2, 0) is 23.8 Å². The lowest BCUT2D eigenvalue weighted by Crippen LogP contribution is -2.47. The van der Waals surface area contributed by atoms with Crippen LogP contribution in [0, 0.1) is 36.5 Å². The number of hydrogen-bond acceptors (Lipinski definition) is 16. The van der Waals surface area contributed by atoms with E-state index in [-0.39, 0.29) is 60.8 Å². The van der Waals surface area contributed by atoms with Crippen LogP contribution in [0.2, 0.25) is 0 Å². The molecule has 0 radical (unpaired) electrons. The van der Waals surface area contributed by atoms with Gasteiger partial charge >= 0.3 is 11.8 Å². The first-order chi connectivity index (χ1) is 32.1. The van der Waals surface area contributed by atoms with Crippen LogP contribution in [0.3, 0.4) is 0 Å². The molecule has 3 aliphatic rings. The highest BCUT2D eigenvalue weighted by Gasteiger charge is 2.44. The lowest BCUT2D eigenvalue weighted by molar-refractivity contribution is -0.160. The van der Waals surface area contributed by atoms with E-state index < -0.39 is 88.1 Å². The van der Waals surface area contributed by atoms with Gasteiger partial charge in [-0.25, -0.2) is 4.98 Å². The topological polar surface area (TPSA) is 231 Å². The number of rotatable bonds is 5. The van der Waals surface area contributed by atoms with Crippen molar-refractivity contribution in [2.24, 2.45) is 29.6 Å². The molecule has 0 spiro atoms.